The zero-order chi connectivity index (χ0) is 13.2. The highest BCUT2D eigenvalue weighted by molar-refractivity contribution is 5.81. The molecule has 5 heteroatoms. The van der Waals surface area contributed by atoms with Gasteiger partial charge in [-0.15, -0.1) is 0 Å². The summed E-state index contributed by atoms with van der Waals surface area (Å²) < 4.78 is 12.8. The Labute approximate surface area is 111 Å². The van der Waals surface area contributed by atoms with Crippen LogP contribution < -0.4 is 10.4 Å². The number of ether oxygens (including phenoxy) is 2. The number of para-hydroxylation sites is 1. The molecule has 2 aromatic rings. The Balaban J connectivity index is 1.82. The van der Waals surface area contributed by atoms with Crippen LogP contribution in [0.5, 0.6) is 5.75 Å². The standard InChI is InChI=1S/C14H18N2O3/c1-16-13-11(15-14(16)17)3-2-4-12(13)19-9-10-5-7-18-8-6-10/h2-4,10H,5-9H2,1H3,(H,15,17). The average molecular weight is 262 g/mol. The van der Waals surface area contributed by atoms with Crippen molar-refractivity contribution in [3.05, 3.63) is 28.7 Å². The molecule has 1 aromatic carbocycles. The lowest BCUT2D eigenvalue weighted by atomic mass is 10.0. The van der Waals surface area contributed by atoms with Crippen LogP contribution in [0.4, 0.5) is 0 Å². The summed E-state index contributed by atoms with van der Waals surface area (Å²) in [5, 5.41) is 0. The lowest BCUT2D eigenvalue weighted by Crippen LogP contribution is -2.21. The van der Waals surface area contributed by atoms with Crippen molar-refractivity contribution in [1.82, 2.24) is 9.55 Å². The molecule has 1 N–H and O–H groups in total. The molecule has 1 aliphatic rings. The number of benzene rings is 1. The van der Waals surface area contributed by atoms with E-state index >= 15 is 0 Å². The minimum Gasteiger partial charge on any atom is -0.491 e. The largest absolute Gasteiger partial charge is 0.491 e. The summed E-state index contributed by atoms with van der Waals surface area (Å²) in [4.78, 5) is 14.4. The number of hydrogen-bond acceptors (Lipinski definition) is 3. The summed E-state index contributed by atoms with van der Waals surface area (Å²) in [5.74, 6) is 1.31. The molecule has 1 saturated heterocycles. The zero-order valence-corrected chi connectivity index (χ0v) is 11.0. The topological polar surface area (TPSA) is 56.2 Å². The summed E-state index contributed by atoms with van der Waals surface area (Å²) in [6, 6.07) is 5.70. The van der Waals surface area contributed by atoms with E-state index in [1.165, 1.54) is 0 Å². The van der Waals surface area contributed by atoms with E-state index in [1.807, 2.05) is 18.2 Å². The molecule has 0 atom stereocenters. The van der Waals surface area contributed by atoms with Gasteiger partial charge in [0.2, 0.25) is 0 Å². The molecule has 1 fully saturated rings. The lowest BCUT2D eigenvalue weighted by Gasteiger charge is -2.22. The molecule has 19 heavy (non-hydrogen) atoms. The Bertz CT molecular complexity index is 623. The molecule has 0 spiro atoms. The highest BCUT2D eigenvalue weighted by atomic mass is 16.5. The number of nitrogens with one attached hydrogen (secondary N) is 1. The first kappa shape index (κ1) is 12.3. The summed E-state index contributed by atoms with van der Waals surface area (Å²) >= 11 is 0. The fourth-order valence-corrected chi connectivity index (χ4v) is 2.51. The second-order valence-corrected chi connectivity index (χ2v) is 5.01. The van der Waals surface area contributed by atoms with Crippen molar-refractivity contribution in [2.24, 2.45) is 13.0 Å². The molecule has 0 amide bonds. The van der Waals surface area contributed by atoms with Gasteiger partial charge in [-0.25, -0.2) is 4.79 Å². The maximum absolute atomic E-state index is 11.6. The molecule has 102 valence electrons. The van der Waals surface area contributed by atoms with E-state index in [0.717, 1.165) is 42.8 Å². The van der Waals surface area contributed by atoms with Crippen LogP contribution in [-0.2, 0) is 11.8 Å². The van der Waals surface area contributed by atoms with Gasteiger partial charge in [-0.3, -0.25) is 4.57 Å². The second-order valence-electron chi connectivity index (χ2n) is 5.01. The minimum atomic E-state index is -0.114. The highest BCUT2D eigenvalue weighted by Gasteiger charge is 2.16. The number of aromatic amines is 1. The van der Waals surface area contributed by atoms with E-state index in [2.05, 4.69) is 4.98 Å². The van der Waals surface area contributed by atoms with E-state index < -0.39 is 0 Å². The molecule has 0 aliphatic carbocycles. The van der Waals surface area contributed by atoms with Gasteiger partial charge < -0.3 is 14.5 Å². The van der Waals surface area contributed by atoms with Crippen molar-refractivity contribution < 1.29 is 9.47 Å². The molecule has 0 unspecified atom stereocenters. The zero-order valence-electron chi connectivity index (χ0n) is 11.0. The summed E-state index contributed by atoms with van der Waals surface area (Å²) in [6.07, 6.45) is 2.09. The lowest BCUT2D eigenvalue weighted by molar-refractivity contribution is 0.0499. The number of aromatic nitrogens is 2. The van der Waals surface area contributed by atoms with Gasteiger partial charge in [0.25, 0.3) is 0 Å². The molecular weight excluding hydrogens is 244 g/mol. The third-order valence-corrected chi connectivity index (χ3v) is 3.70. The highest BCUT2D eigenvalue weighted by Crippen LogP contribution is 2.24. The molecule has 0 saturated carbocycles. The van der Waals surface area contributed by atoms with E-state index in [9.17, 15) is 4.79 Å². The van der Waals surface area contributed by atoms with Crippen LogP contribution in [0.25, 0.3) is 11.0 Å². The van der Waals surface area contributed by atoms with Crippen LogP contribution in [0.2, 0.25) is 0 Å². The predicted octanol–water partition coefficient (Wildman–Crippen LogP) is 1.67. The smallest absolute Gasteiger partial charge is 0.326 e. The quantitative estimate of drug-likeness (QED) is 0.915. The van der Waals surface area contributed by atoms with Crippen molar-refractivity contribution in [3.63, 3.8) is 0 Å². The van der Waals surface area contributed by atoms with Crippen molar-refractivity contribution in [3.8, 4) is 5.75 Å². The summed E-state index contributed by atoms with van der Waals surface area (Å²) in [5.41, 5.74) is 1.54. The van der Waals surface area contributed by atoms with E-state index in [-0.39, 0.29) is 5.69 Å². The van der Waals surface area contributed by atoms with Crippen molar-refractivity contribution in [1.29, 1.82) is 0 Å². The number of imidazole rings is 1. The normalized spacial score (nSPS) is 16.9. The summed E-state index contributed by atoms with van der Waals surface area (Å²) in [6.45, 7) is 2.32. The SMILES string of the molecule is Cn1c(=O)[nH]c2cccc(OCC3CCOCC3)c21. The minimum absolute atomic E-state index is 0.114. The number of H-pyrrole nitrogens is 1. The Morgan fingerprint density at radius 2 is 2.21 bits per heavy atom. The fraction of sp³-hybridized carbons (Fsp3) is 0.500. The molecule has 1 aromatic heterocycles. The first-order chi connectivity index (χ1) is 9.25. The molecule has 3 rings (SSSR count). The first-order valence-electron chi connectivity index (χ1n) is 6.64. The Morgan fingerprint density at radius 1 is 1.42 bits per heavy atom. The number of fused-ring (bicyclic) bond motifs is 1. The number of rotatable bonds is 3. The van der Waals surface area contributed by atoms with E-state index in [1.54, 1.807) is 11.6 Å². The van der Waals surface area contributed by atoms with Crippen molar-refractivity contribution >= 4 is 11.0 Å². The fourth-order valence-electron chi connectivity index (χ4n) is 2.51. The maximum atomic E-state index is 11.6. The second kappa shape index (κ2) is 5.09. The van der Waals surface area contributed by atoms with Crippen LogP contribution in [-0.4, -0.2) is 29.4 Å². The Kier molecular flexibility index (Phi) is 3.29. The van der Waals surface area contributed by atoms with Crippen LogP contribution in [0.1, 0.15) is 12.8 Å². The van der Waals surface area contributed by atoms with Gasteiger partial charge >= 0.3 is 5.69 Å². The van der Waals surface area contributed by atoms with Gasteiger partial charge in [0.15, 0.2) is 0 Å². The first-order valence-corrected chi connectivity index (χ1v) is 6.64. The third-order valence-electron chi connectivity index (χ3n) is 3.70. The van der Waals surface area contributed by atoms with Gasteiger partial charge in [0, 0.05) is 20.3 Å². The van der Waals surface area contributed by atoms with Gasteiger partial charge in [-0.1, -0.05) is 6.07 Å². The molecule has 0 radical (unpaired) electrons. The van der Waals surface area contributed by atoms with Crippen LogP contribution in [0.3, 0.4) is 0 Å². The van der Waals surface area contributed by atoms with Crippen LogP contribution in [0.15, 0.2) is 23.0 Å². The summed E-state index contributed by atoms with van der Waals surface area (Å²) in [7, 11) is 1.75. The van der Waals surface area contributed by atoms with Gasteiger partial charge in [-0.2, -0.15) is 0 Å². The molecule has 1 aliphatic heterocycles. The Morgan fingerprint density at radius 3 is 3.00 bits per heavy atom. The molecule has 2 heterocycles. The molecular formula is C14H18N2O3. The number of aryl methyl sites for hydroxylation is 1. The Hall–Kier alpha value is -1.75. The number of hydrogen-bond donors (Lipinski definition) is 1. The predicted molar refractivity (Wildman–Crippen MR) is 72.6 cm³/mol. The van der Waals surface area contributed by atoms with Crippen molar-refractivity contribution in [2.75, 3.05) is 19.8 Å². The average Bonchev–Trinajstić information content (AvgIpc) is 2.74. The van der Waals surface area contributed by atoms with Gasteiger partial charge in [0.05, 0.1) is 12.1 Å². The van der Waals surface area contributed by atoms with E-state index in [0.29, 0.717) is 12.5 Å². The van der Waals surface area contributed by atoms with Gasteiger partial charge in [-0.05, 0) is 30.9 Å². The number of nitrogens with zero attached hydrogens (tertiary/aromatic N) is 1. The monoisotopic (exact) mass is 262 g/mol. The van der Waals surface area contributed by atoms with Crippen LogP contribution >= 0.6 is 0 Å². The van der Waals surface area contributed by atoms with E-state index in [4.69, 9.17) is 9.47 Å². The maximum Gasteiger partial charge on any atom is 0.326 e. The van der Waals surface area contributed by atoms with Crippen molar-refractivity contribution in [2.45, 2.75) is 12.8 Å². The van der Waals surface area contributed by atoms with Gasteiger partial charge in [0.1, 0.15) is 11.3 Å². The third kappa shape index (κ3) is 2.38. The molecule has 0 bridgehead atoms. The van der Waals surface area contributed by atoms with Crippen LogP contribution in [0, 0.1) is 5.92 Å². The molecule has 5 nitrogen and oxygen atoms in total.